The van der Waals surface area contributed by atoms with Gasteiger partial charge in [0.15, 0.2) is 0 Å². The van der Waals surface area contributed by atoms with E-state index in [1.54, 1.807) is 5.56 Å². The van der Waals surface area contributed by atoms with Crippen LogP contribution in [0.25, 0.3) is 0 Å². The zero-order chi connectivity index (χ0) is 12.1. The third-order valence-corrected chi connectivity index (χ3v) is 4.63. The van der Waals surface area contributed by atoms with E-state index in [0.29, 0.717) is 5.41 Å². The number of anilines is 1. The van der Waals surface area contributed by atoms with Gasteiger partial charge in [-0.25, -0.2) is 0 Å². The summed E-state index contributed by atoms with van der Waals surface area (Å²) in [6.07, 6.45) is 5.56. The molecule has 17 heavy (non-hydrogen) atoms. The molecule has 1 N–H and O–H groups in total. The summed E-state index contributed by atoms with van der Waals surface area (Å²) in [7, 11) is 0. The van der Waals surface area contributed by atoms with Crippen molar-refractivity contribution in [3.63, 3.8) is 0 Å². The minimum absolute atomic E-state index is 0.252. The summed E-state index contributed by atoms with van der Waals surface area (Å²) in [5.74, 6) is 0. The molecule has 1 aliphatic carbocycles. The van der Waals surface area contributed by atoms with Gasteiger partial charge in [-0.05, 0) is 35.4 Å². The van der Waals surface area contributed by atoms with E-state index in [-0.39, 0.29) is 5.41 Å². The van der Waals surface area contributed by atoms with Crippen molar-refractivity contribution in [2.24, 2.45) is 0 Å². The molecular weight excluding hydrogens is 206 g/mol. The molecule has 0 saturated heterocycles. The highest BCUT2D eigenvalue weighted by Gasteiger charge is 2.41. The van der Waals surface area contributed by atoms with Gasteiger partial charge in [-0.1, -0.05) is 45.7 Å². The lowest BCUT2D eigenvalue weighted by Gasteiger charge is -2.24. The predicted molar refractivity (Wildman–Crippen MR) is 73.8 cm³/mol. The number of hydrogen-bond donors (Lipinski definition) is 1. The van der Waals surface area contributed by atoms with Crippen molar-refractivity contribution >= 4 is 5.69 Å². The van der Waals surface area contributed by atoms with Crippen LogP contribution in [0.3, 0.4) is 0 Å². The van der Waals surface area contributed by atoms with E-state index < -0.39 is 0 Å². The highest BCUT2D eigenvalue weighted by atomic mass is 14.9. The molecule has 1 spiro atoms. The Hall–Kier alpha value is -0.980. The maximum absolute atomic E-state index is 3.65. The molecule has 1 heterocycles. The molecule has 0 bridgehead atoms. The molecule has 0 unspecified atom stereocenters. The molecule has 3 rings (SSSR count). The van der Waals surface area contributed by atoms with Crippen molar-refractivity contribution in [2.45, 2.75) is 57.3 Å². The highest BCUT2D eigenvalue weighted by Crippen LogP contribution is 2.48. The van der Waals surface area contributed by atoms with Crippen LogP contribution in [-0.4, -0.2) is 6.54 Å². The highest BCUT2D eigenvalue weighted by molar-refractivity contribution is 5.62. The van der Waals surface area contributed by atoms with Gasteiger partial charge in [0.1, 0.15) is 0 Å². The van der Waals surface area contributed by atoms with Crippen molar-refractivity contribution in [1.82, 2.24) is 0 Å². The first kappa shape index (κ1) is 11.1. The van der Waals surface area contributed by atoms with Crippen molar-refractivity contribution in [1.29, 1.82) is 0 Å². The molecule has 1 aromatic carbocycles. The molecule has 0 atom stereocenters. The van der Waals surface area contributed by atoms with Gasteiger partial charge in [-0.3, -0.25) is 0 Å². The van der Waals surface area contributed by atoms with E-state index in [2.05, 4.69) is 44.3 Å². The summed E-state index contributed by atoms with van der Waals surface area (Å²) in [5, 5.41) is 3.65. The zero-order valence-electron chi connectivity index (χ0n) is 11.3. The maximum atomic E-state index is 3.65. The Kier molecular flexibility index (Phi) is 2.30. The van der Waals surface area contributed by atoms with E-state index in [0.717, 1.165) is 6.54 Å². The van der Waals surface area contributed by atoms with Gasteiger partial charge in [0, 0.05) is 17.6 Å². The van der Waals surface area contributed by atoms with Crippen molar-refractivity contribution in [3.05, 3.63) is 29.3 Å². The van der Waals surface area contributed by atoms with Crippen molar-refractivity contribution in [3.8, 4) is 0 Å². The van der Waals surface area contributed by atoms with Crippen LogP contribution in [0.15, 0.2) is 18.2 Å². The third kappa shape index (κ3) is 1.67. The van der Waals surface area contributed by atoms with Gasteiger partial charge in [0.25, 0.3) is 0 Å². The Bertz CT molecular complexity index is 433. The number of benzene rings is 1. The Morgan fingerprint density at radius 3 is 2.47 bits per heavy atom. The Morgan fingerprint density at radius 2 is 1.82 bits per heavy atom. The topological polar surface area (TPSA) is 12.0 Å². The fourth-order valence-corrected chi connectivity index (χ4v) is 3.48. The van der Waals surface area contributed by atoms with Crippen LogP contribution in [0.2, 0.25) is 0 Å². The summed E-state index contributed by atoms with van der Waals surface area (Å²) in [5.41, 5.74) is 5.16. The standard InChI is InChI=1S/C16H23N/c1-15(2,3)12-6-7-13-14(10-12)17-11-16(13)8-4-5-9-16/h6-7,10,17H,4-5,8-9,11H2,1-3H3. The fourth-order valence-electron chi connectivity index (χ4n) is 3.48. The average molecular weight is 229 g/mol. The summed E-state index contributed by atoms with van der Waals surface area (Å²) in [6, 6.07) is 7.11. The summed E-state index contributed by atoms with van der Waals surface area (Å²) in [6.45, 7) is 8.02. The van der Waals surface area contributed by atoms with Crippen LogP contribution < -0.4 is 5.32 Å². The molecule has 1 fully saturated rings. The molecule has 1 saturated carbocycles. The monoisotopic (exact) mass is 229 g/mol. The summed E-state index contributed by atoms with van der Waals surface area (Å²) in [4.78, 5) is 0. The lowest BCUT2D eigenvalue weighted by atomic mass is 9.79. The van der Waals surface area contributed by atoms with E-state index in [9.17, 15) is 0 Å². The first-order valence-corrected chi connectivity index (χ1v) is 6.90. The number of fused-ring (bicyclic) bond motifs is 2. The van der Waals surface area contributed by atoms with E-state index in [1.165, 1.54) is 36.9 Å². The molecule has 0 amide bonds. The molecule has 0 aromatic heterocycles. The van der Waals surface area contributed by atoms with Crippen LogP contribution in [-0.2, 0) is 10.8 Å². The maximum Gasteiger partial charge on any atom is 0.0382 e. The molecule has 2 aliphatic rings. The molecule has 92 valence electrons. The molecular formula is C16H23N. The van der Waals surface area contributed by atoms with Crippen LogP contribution in [0.5, 0.6) is 0 Å². The largest absolute Gasteiger partial charge is 0.384 e. The van der Waals surface area contributed by atoms with E-state index in [4.69, 9.17) is 0 Å². The normalized spacial score (nSPS) is 21.6. The van der Waals surface area contributed by atoms with Gasteiger partial charge in [-0.2, -0.15) is 0 Å². The lowest BCUT2D eigenvalue weighted by molar-refractivity contribution is 0.489. The van der Waals surface area contributed by atoms with Gasteiger partial charge in [0.2, 0.25) is 0 Å². The van der Waals surface area contributed by atoms with E-state index >= 15 is 0 Å². The number of nitrogens with one attached hydrogen (secondary N) is 1. The first-order valence-electron chi connectivity index (χ1n) is 6.90. The zero-order valence-corrected chi connectivity index (χ0v) is 11.3. The van der Waals surface area contributed by atoms with Crippen LogP contribution in [0.1, 0.15) is 57.6 Å². The number of rotatable bonds is 0. The lowest BCUT2D eigenvalue weighted by Crippen LogP contribution is -2.24. The van der Waals surface area contributed by atoms with Gasteiger partial charge in [0.05, 0.1) is 0 Å². The average Bonchev–Trinajstić information content (AvgIpc) is 2.87. The minimum atomic E-state index is 0.252. The van der Waals surface area contributed by atoms with Gasteiger partial charge >= 0.3 is 0 Å². The van der Waals surface area contributed by atoms with Crippen LogP contribution >= 0.6 is 0 Å². The third-order valence-electron chi connectivity index (χ3n) is 4.63. The molecule has 1 aromatic rings. The van der Waals surface area contributed by atoms with Crippen LogP contribution in [0, 0.1) is 0 Å². The van der Waals surface area contributed by atoms with Gasteiger partial charge in [-0.15, -0.1) is 0 Å². The van der Waals surface area contributed by atoms with Gasteiger partial charge < -0.3 is 5.32 Å². The minimum Gasteiger partial charge on any atom is -0.384 e. The quantitative estimate of drug-likeness (QED) is 0.702. The molecule has 0 radical (unpaired) electrons. The second-order valence-electron chi connectivity index (χ2n) is 6.85. The summed E-state index contributed by atoms with van der Waals surface area (Å²) < 4.78 is 0. The summed E-state index contributed by atoms with van der Waals surface area (Å²) >= 11 is 0. The Balaban J connectivity index is 2.02. The SMILES string of the molecule is CC(C)(C)c1ccc2c(c1)NCC21CCCC1. The van der Waals surface area contributed by atoms with E-state index in [1.807, 2.05) is 0 Å². The fraction of sp³-hybridized carbons (Fsp3) is 0.625. The number of hydrogen-bond acceptors (Lipinski definition) is 1. The smallest absolute Gasteiger partial charge is 0.0382 e. The molecule has 1 aliphatic heterocycles. The van der Waals surface area contributed by atoms with Crippen LogP contribution in [0.4, 0.5) is 5.69 Å². The van der Waals surface area contributed by atoms with Crippen molar-refractivity contribution < 1.29 is 0 Å². The second-order valence-corrected chi connectivity index (χ2v) is 6.85. The van der Waals surface area contributed by atoms with Crippen molar-refractivity contribution in [2.75, 3.05) is 11.9 Å². The Morgan fingerprint density at radius 1 is 1.12 bits per heavy atom. The second kappa shape index (κ2) is 3.51. The predicted octanol–water partition coefficient (Wildman–Crippen LogP) is 4.22. The molecule has 1 nitrogen and oxygen atoms in total. The molecule has 1 heteroatoms. The first-order chi connectivity index (χ1) is 8.01. The Labute approximate surface area is 105 Å².